The Kier molecular flexibility index (Phi) is 5.36. The number of esters is 2. The Balaban J connectivity index is 2.30. The van der Waals surface area contributed by atoms with E-state index in [0.29, 0.717) is 6.54 Å². The van der Waals surface area contributed by atoms with Gasteiger partial charge >= 0.3 is 11.9 Å². The Labute approximate surface area is 129 Å². The number of carbonyl (C=O) groups is 2. The number of benzene rings is 1. The lowest BCUT2D eigenvalue weighted by Gasteiger charge is -2.02. The molecule has 0 radical (unpaired) electrons. The molecule has 0 bridgehead atoms. The SMILES string of the molecule is CCOC(=O)c1cn(Cc2ccccc2)cc1C(=O)OCC. The summed E-state index contributed by atoms with van der Waals surface area (Å²) >= 11 is 0. The van der Waals surface area contributed by atoms with Crippen molar-refractivity contribution < 1.29 is 19.1 Å². The van der Waals surface area contributed by atoms with E-state index in [-0.39, 0.29) is 24.3 Å². The number of hydrogen-bond acceptors (Lipinski definition) is 4. The fourth-order valence-electron chi connectivity index (χ4n) is 2.14. The van der Waals surface area contributed by atoms with E-state index in [9.17, 15) is 9.59 Å². The van der Waals surface area contributed by atoms with Crippen molar-refractivity contribution >= 4 is 11.9 Å². The van der Waals surface area contributed by atoms with E-state index in [4.69, 9.17) is 9.47 Å². The van der Waals surface area contributed by atoms with Gasteiger partial charge in [0, 0.05) is 18.9 Å². The Morgan fingerprint density at radius 3 is 1.86 bits per heavy atom. The molecule has 0 spiro atoms. The zero-order valence-corrected chi connectivity index (χ0v) is 12.7. The molecule has 5 heteroatoms. The van der Waals surface area contributed by atoms with Crippen LogP contribution in [-0.2, 0) is 16.0 Å². The zero-order valence-electron chi connectivity index (χ0n) is 12.7. The van der Waals surface area contributed by atoms with Crippen molar-refractivity contribution in [3.63, 3.8) is 0 Å². The number of ether oxygens (including phenoxy) is 2. The van der Waals surface area contributed by atoms with E-state index < -0.39 is 11.9 Å². The molecule has 5 nitrogen and oxygen atoms in total. The monoisotopic (exact) mass is 301 g/mol. The number of nitrogens with zero attached hydrogens (tertiary/aromatic N) is 1. The highest BCUT2D eigenvalue weighted by Gasteiger charge is 2.22. The summed E-state index contributed by atoms with van der Waals surface area (Å²) in [5.41, 5.74) is 1.54. The van der Waals surface area contributed by atoms with E-state index >= 15 is 0 Å². The topological polar surface area (TPSA) is 57.5 Å². The van der Waals surface area contributed by atoms with Gasteiger partial charge < -0.3 is 14.0 Å². The van der Waals surface area contributed by atoms with Crippen molar-refractivity contribution in [2.45, 2.75) is 20.4 Å². The van der Waals surface area contributed by atoms with Gasteiger partial charge in [-0.2, -0.15) is 0 Å². The van der Waals surface area contributed by atoms with Crippen LogP contribution < -0.4 is 0 Å². The van der Waals surface area contributed by atoms with E-state index in [1.807, 2.05) is 30.3 Å². The van der Waals surface area contributed by atoms with E-state index in [2.05, 4.69) is 0 Å². The summed E-state index contributed by atoms with van der Waals surface area (Å²) in [4.78, 5) is 24.0. The molecule has 1 heterocycles. The first kappa shape index (κ1) is 15.8. The van der Waals surface area contributed by atoms with Crippen LogP contribution in [0.15, 0.2) is 42.7 Å². The minimum atomic E-state index is -0.516. The van der Waals surface area contributed by atoms with Crippen molar-refractivity contribution in [1.82, 2.24) is 4.57 Å². The van der Waals surface area contributed by atoms with Gasteiger partial charge in [-0.05, 0) is 19.4 Å². The highest BCUT2D eigenvalue weighted by atomic mass is 16.5. The van der Waals surface area contributed by atoms with Crippen LogP contribution in [0.4, 0.5) is 0 Å². The van der Waals surface area contributed by atoms with Crippen molar-refractivity contribution in [3.05, 3.63) is 59.4 Å². The van der Waals surface area contributed by atoms with Crippen molar-refractivity contribution in [2.75, 3.05) is 13.2 Å². The molecule has 116 valence electrons. The molecular formula is C17H19NO4. The average molecular weight is 301 g/mol. The second-order valence-electron chi connectivity index (χ2n) is 4.68. The number of carbonyl (C=O) groups excluding carboxylic acids is 2. The van der Waals surface area contributed by atoms with Gasteiger partial charge in [0.1, 0.15) is 0 Å². The van der Waals surface area contributed by atoms with Crippen LogP contribution in [0.5, 0.6) is 0 Å². The standard InChI is InChI=1S/C17H19NO4/c1-3-21-16(19)14-11-18(10-13-8-6-5-7-9-13)12-15(14)17(20)22-4-2/h5-9,11-12H,3-4,10H2,1-2H3. The van der Waals surface area contributed by atoms with Crippen LogP contribution in [0.1, 0.15) is 40.1 Å². The molecule has 0 unspecified atom stereocenters. The third kappa shape index (κ3) is 3.75. The lowest BCUT2D eigenvalue weighted by Crippen LogP contribution is -2.11. The van der Waals surface area contributed by atoms with Gasteiger partial charge in [-0.1, -0.05) is 30.3 Å². The fraction of sp³-hybridized carbons (Fsp3) is 0.294. The molecule has 0 saturated carbocycles. The van der Waals surface area contributed by atoms with E-state index in [1.165, 1.54) is 0 Å². The molecule has 2 aromatic rings. The maximum atomic E-state index is 12.0. The first-order chi connectivity index (χ1) is 10.7. The van der Waals surface area contributed by atoms with Gasteiger partial charge in [0.25, 0.3) is 0 Å². The van der Waals surface area contributed by atoms with Crippen LogP contribution in [-0.4, -0.2) is 29.7 Å². The molecule has 0 aliphatic carbocycles. The summed E-state index contributed by atoms with van der Waals surface area (Å²) in [6.07, 6.45) is 3.24. The highest BCUT2D eigenvalue weighted by Crippen LogP contribution is 2.16. The Bertz CT molecular complexity index is 610. The molecule has 0 aliphatic heterocycles. The van der Waals surface area contributed by atoms with Crippen molar-refractivity contribution in [1.29, 1.82) is 0 Å². The number of rotatable bonds is 6. The third-order valence-corrected chi connectivity index (χ3v) is 3.08. The van der Waals surface area contributed by atoms with Gasteiger partial charge in [0.2, 0.25) is 0 Å². The highest BCUT2D eigenvalue weighted by molar-refractivity contribution is 6.03. The third-order valence-electron chi connectivity index (χ3n) is 3.08. The normalized spacial score (nSPS) is 10.3. The molecule has 0 saturated heterocycles. The Morgan fingerprint density at radius 1 is 0.909 bits per heavy atom. The molecule has 0 atom stereocenters. The molecule has 0 amide bonds. The molecule has 0 N–H and O–H groups in total. The molecule has 2 rings (SSSR count). The van der Waals surface area contributed by atoms with Crippen LogP contribution in [0.25, 0.3) is 0 Å². The number of hydrogen-bond donors (Lipinski definition) is 0. The summed E-state index contributed by atoms with van der Waals surface area (Å²) in [7, 11) is 0. The zero-order chi connectivity index (χ0) is 15.9. The van der Waals surface area contributed by atoms with Gasteiger partial charge in [0.05, 0.1) is 24.3 Å². The summed E-state index contributed by atoms with van der Waals surface area (Å²) in [5.74, 6) is -1.03. The minimum Gasteiger partial charge on any atom is -0.462 e. The predicted octanol–water partition coefficient (Wildman–Crippen LogP) is 2.89. The summed E-state index contributed by atoms with van der Waals surface area (Å²) in [6, 6.07) is 9.78. The molecule has 0 aliphatic rings. The average Bonchev–Trinajstić information content (AvgIpc) is 2.93. The second-order valence-corrected chi connectivity index (χ2v) is 4.68. The largest absolute Gasteiger partial charge is 0.462 e. The summed E-state index contributed by atoms with van der Waals surface area (Å²) < 4.78 is 11.8. The summed E-state index contributed by atoms with van der Waals surface area (Å²) in [6.45, 7) is 4.52. The lowest BCUT2D eigenvalue weighted by molar-refractivity contribution is 0.0480. The van der Waals surface area contributed by atoms with Gasteiger partial charge in [-0.3, -0.25) is 0 Å². The van der Waals surface area contributed by atoms with Crippen molar-refractivity contribution in [3.8, 4) is 0 Å². The Hall–Kier alpha value is -2.56. The molecule has 0 fully saturated rings. The predicted molar refractivity (Wildman–Crippen MR) is 81.9 cm³/mol. The van der Waals surface area contributed by atoms with Crippen LogP contribution in [0.2, 0.25) is 0 Å². The van der Waals surface area contributed by atoms with E-state index in [0.717, 1.165) is 5.56 Å². The van der Waals surface area contributed by atoms with Gasteiger partial charge in [-0.15, -0.1) is 0 Å². The van der Waals surface area contributed by atoms with Crippen LogP contribution in [0, 0.1) is 0 Å². The fourth-order valence-corrected chi connectivity index (χ4v) is 2.14. The van der Waals surface area contributed by atoms with Gasteiger partial charge in [0.15, 0.2) is 0 Å². The smallest absolute Gasteiger partial charge is 0.340 e. The quantitative estimate of drug-likeness (QED) is 0.770. The lowest BCUT2D eigenvalue weighted by atomic mass is 10.2. The maximum absolute atomic E-state index is 12.0. The number of aromatic nitrogens is 1. The minimum absolute atomic E-state index is 0.233. The first-order valence-electron chi connectivity index (χ1n) is 7.23. The van der Waals surface area contributed by atoms with Crippen LogP contribution >= 0.6 is 0 Å². The molecule has 1 aromatic carbocycles. The summed E-state index contributed by atoms with van der Waals surface area (Å²) in [5, 5.41) is 0. The second kappa shape index (κ2) is 7.45. The van der Waals surface area contributed by atoms with Crippen LogP contribution in [0.3, 0.4) is 0 Å². The van der Waals surface area contributed by atoms with Crippen molar-refractivity contribution in [2.24, 2.45) is 0 Å². The van der Waals surface area contributed by atoms with Gasteiger partial charge in [-0.25, -0.2) is 9.59 Å². The van der Waals surface area contributed by atoms with E-state index in [1.54, 1.807) is 30.8 Å². The molecule has 1 aromatic heterocycles. The Morgan fingerprint density at radius 2 is 1.41 bits per heavy atom. The molecular weight excluding hydrogens is 282 g/mol. The maximum Gasteiger partial charge on any atom is 0.340 e. The first-order valence-corrected chi connectivity index (χ1v) is 7.23. The molecule has 22 heavy (non-hydrogen) atoms.